The van der Waals surface area contributed by atoms with Crippen molar-refractivity contribution in [1.29, 1.82) is 0 Å². The molecule has 0 radical (unpaired) electrons. The normalized spacial score (nSPS) is 15.5. The van der Waals surface area contributed by atoms with E-state index >= 15 is 0 Å². The van der Waals surface area contributed by atoms with Gasteiger partial charge in [-0.25, -0.2) is 4.39 Å². The Labute approximate surface area is 167 Å². The number of nitrogens with zero attached hydrogens (tertiary/aromatic N) is 2. The Morgan fingerprint density at radius 3 is 2.72 bits per heavy atom. The smallest absolute Gasteiger partial charge is 0.191 e. The SMILES string of the molecule is CCNC(=NCCCN1CCOCC1)NCCc1ccccc1F.I. The standard InChI is InChI=1S/C18H29FN4O.HI/c1-2-20-18(21-9-5-11-23-12-14-24-15-13-23)22-10-8-16-6-3-4-7-17(16)19;/h3-4,6-7H,2,5,8-15H2,1H3,(H2,20,21,22);1H. The maximum atomic E-state index is 13.6. The first-order valence-electron chi connectivity index (χ1n) is 8.85. The second-order valence-corrected chi connectivity index (χ2v) is 5.84. The summed E-state index contributed by atoms with van der Waals surface area (Å²) in [4.78, 5) is 7.01. The second kappa shape index (κ2) is 13.3. The summed E-state index contributed by atoms with van der Waals surface area (Å²) in [6, 6.07) is 6.90. The van der Waals surface area contributed by atoms with Crippen molar-refractivity contribution in [2.45, 2.75) is 19.8 Å². The van der Waals surface area contributed by atoms with Gasteiger partial charge in [-0.3, -0.25) is 9.89 Å². The van der Waals surface area contributed by atoms with Gasteiger partial charge in [-0.1, -0.05) is 18.2 Å². The summed E-state index contributed by atoms with van der Waals surface area (Å²) in [7, 11) is 0. The van der Waals surface area contributed by atoms with Crippen LogP contribution in [-0.4, -0.2) is 63.3 Å². The molecule has 1 aliphatic heterocycles. The molecule has 0 saturated carbocycles. The molecule has 1 aliphatic rings. The number of rotatable bonds is 8. The fourth-order valence-electron chi connectivity index (χ4n) is 2.67. The third-order valence-corrected chi connectivity index (χ3v) is 3.99. The van der Waals surface area contributed by atoms with E-state index in [-0.39, 0.29) is 29.8 Å². The van der Waals surface area contributed by atoms with Crippen LogP contribution in [0.4, 0.5) is 4.39 Å². The van der Waals surface area contributed by atoms with Crippen molar-refractivity contribution in [3.63, 3.8) is 0 Å². The highest BCUT2D eigenvalue weighted by Crippen LogP contribution is 2.06. The number of nitrogens with one attached hydrogen (secondary N) is 2. The Hall–Kier alpha value is -0.930. The monoisotopic (exact) mass is 464 g/mol. The van der Waals surface area contributed by atoms with Crippen molar-refractivity contribution in [2.75, 3.05) is 52.5 Å². The molecule has 142 valence electrons. The lowest BCUT2D eigenvalue weighted by atomic mass is 10.1. The van der Waals surface area contributed by atoms with Gasteiger partial charge in [0.25, 0.3) is 0 Å². The second-order valence-electron chi connectivity index (χ2n) is 5.84. The first-order chi connectivity index (χ1) is 11.8. The molecule has 1 aromatic carbocycles. The summed E-state index contributed by atoms with van der Waals surface area (Å²) in [5.41, 5.74) is 0.730. The number of morpholine rings is 1. The summed E-state index contributed by atoms with van der Waals surface area (Å²) in [6.45, 7) is 9.07. The van der Waals surface area contributed by atoms with Crippen molar-refractivity contribution in [2.24, 2.45) is 4.99 Å². The third-order valence-electron chi connectivity index (χ3n) is 3.99. The van der Waals surface area contributed by atoms with Gasteiger partial charge in [0.2, 0.25) is 0 Å². The summed E-state index contributed by atoms with van der Waals surface area (Å²) in [5.74, 6) is 0.655. The average molecular weight is 464 g/mol. The van der Waals surface area contributed by atoms with E-state index in [1.54, 1.807) is 6.07 Å². The van der Waals surface area contributed by atoms with Crippen LogP contribution in [0.3, 0.4) is 0 Å². The van der Waals surface area contributed by atoms with Crippen molar-refractivity contribution in [3.05, 3.63) is 35.6 Å². The first kappa shape index (κ1) is 22.1. The Bertz CT molecular complexity index is 510. The zero-order valence-corrected chi connectivity index (χ0v) is 17.3. The van der Waals surface area contributed by atoms with Crippen LogP contribution < -0.4 is 10.6 Å². The van der Waals surface area contributed by atoms with Crippen molar-refractivity contribution in [3.8, 4) is 0 Å². The molecule has 0 spiro atoms. The summed E-state index contributed by atoms with van der Waals surface area (Å²) in [6.07, 6.45) is 1.68. The van der Waals surface area contributed by atoms with E-state index in [0.717, 1.165) is 63.9 Å². The molecule has 2 N–H and O–H groups in total. The van der Waals surface area contributed by atoms with Crippen LogP contribution >= 0.6 is 24.0 Å². The molecule has 0 aliphatic carbocycles. The van der Waals surface area contributed by atoms with Crippen molar-refractivity contribution < 1.29 is 9.13 Å². The summed E-state index contributed by atoms with van der Waals surface area (Å²) < 4.78 is 18.9. The molecule has 0 bridgehead atoms. The van der Waals surface area contributed by atoms with Gasteiger partial charge in [-0.2, -0.15) is 0 Å². The van der Waals surface area contributed by atoms with E-state index in [2.05, 4.69) is 20.5 Å². The Morgan fingerprint density at radius 2 is 2.00 bits per heavy atom. The van der Waals surface area contributed by atoms with E-state index in [4.69, 9.17) is 4.74 Å². The first-order valence-corrected chi connectivity index (χ1v) is 8.85. The lowest BCUT2D eigenvalue weighted by Gasteiger charge is -2.26. The highest BCUT2D eigenvalue weighted by atomic mass is 127. The molecule has 0 aromatic heterocycles. The van der Waals surface area contributed by atoms with Gasteiger partial charge in [0.15, 0.2) is 5.96 Å². The number of hydrogen-bond acceptors (Lipinski definition) is 3. The summed E-state index contributed by atoms with van der Waals surface area (Å²) >= 11 is 0. The average Bonchev–Trinajstić information content (AvgIpc) is 2.61. The van der Waals surface area contributed by atoms with E-state index in [1.807, 2.05) is 19.1 Å². The van der Waals surface area contributed by atoms with Gasteiger partial charge in [0.05, 0.1) is 13.2 Å². The largest absolute Gasteiger partial charge is 0.379 e. The maximum absolute atomic E-state index is 13.6. The highest BCUT2D eigenvalue weighted by molar-refractivity contribution is 14.0. The Morgan fingerprint density at radius 1 is 1.24 bits per heavy atom. The zero-order chi connectivity index (χ0) is 17.0. The molecule has 1 fully saturated rings. The number of hydrogen-bond donors (Lipinski definition) is 2. The minimum Gasteiger partial charge on any atom is -0.379 e. The van der Waals surface area contributed by atoms with Crippen LogP contribution in [0.15, 0.2) is 29.3 Å². The third kappa shape index (κ3) is 8.82. The molecule has 5 nitrogen and oxygen atoms in total. The number of benzene rings is 1. The topological polar surface area (TPSA) is 48.9 Å². The fraction of sp³-hybridized carbons (Fsp3) is 0.611. The lowest BCUT2D eigenvalue weighted by molar-refractivity contribution is 0.0377. The molecule has 25 heavy (non-hydrogen) atoms. The van der Waals surface area contributed by atoms with Crippen LogP contribution in [0.1, 0.15) is 18.9 Å². The van der Waals surface area contributed by atoms with Crippen LogP contribution in [0.25, 0.3) is 0 Å². The van der Waals surface area contributed by atoms with Gasteiger partial charge in [0, 0.05) is 39.3 Å². The van der Waals surface area contributed by atoms with E-state index in [0.29, 0.717) is 13.0 Å². The molecule has 7 heteroatoms. The number of aliphatic imine (C=N–C) groups is 1. The minimum absolute atomic E-state index is 0. The number of halogens is 2. The predicted molar refractivity (Wildman–Crippen MR) is 111 cm³/mol. The van der Waals surface area contributed by atoms with E-state index < -0.39 is 0 Å². The van der Waals surface area contributed by atoms with Crippen molar-refractivity contribution in [1.82, 2.24) is 15.5 Å². The van der Waals surface area contributed by atoms with Gasteiger partial charge in [0.1, 0.15) is 5.82 Å². The van der Waals surface area contributed by atoms with Gasteiger partial charge in [-0.15, -0.1) is 24.0 Å². The molecule has 0 unspecified atom stereocenters. The quantitative estimate of drug-likeness (QED) is 0.268. The molecule has 0 amide bonds. The Kier molecular flexibility index (Phi) is 11.8. The minimum atomic E-state index is -0.147. The van der Waals surface area contributed by atoms with Gasteiger partial charge < -0.3 is 15.4 Å². The summed E-state index contributed by atoms with van der Waals surface area (Å²) in [5, 5.41) is 6.51. The zero-order valence-electron chi connectivity index (χ0n) is 15.0. The van der Waals surface area contributed by atoms with Gasteiger partial charge in [-0.05, 0) is 31.4 Å². The molecule has 0 atom stereocenters. The molecule has 2 rings (SSSR count). The predicted octanol–water partition coefficient (Wildman–Crippen LogP) is 2.26. The lowest BCUT2D eigenvalue weighted by Crippen LogP contribution is -2.39. The molecular formula is C18H30FIN4O. The number of guanidine groups is 1. The molecular weight excluding hydrogens is 434 g/mol. The van der Waals surface area contributed by atoms with Crippen LogP contribution in [-0.2, 0) is 11.2 Å². The fourth-order valence-corrected chi connectivity index (χ4v) is 2.67. The molecule has 1 aromatic rings. The van der Waals surface area contributed by atoms with Gasteiger partial charge >= 0.3 is 0 Å². The van der Waals surface area contributed by atoms with Crippen molar-refractivity contribution >= 4 is 29.9 Å². The van der Waals surface area contributed by atoms with E-state index in [9.17, 15) is 4.39 Å². The molecule has 1 saturated heterocycles. The van der Waals surface area contributed by atoms with E-state index in [1.165, 1.54) is 6.07 Å². The highest BCUT2D eigenvalue weighted by Gasteiger charge is 2.09. The van der Waals surface area contributed by atoms with Crippen LogP contribution in [0.2, 0.25) is 0 Å². The van der Waals surface area contributed by atoms with Crippen LogP contribution in [0, 0.1) is 5.82 Å². The van der Waals surface area contributed by atoms with Crippen LogP contribution in [0.5, 0.6) is 0 Å². The number of ether oxygens (including phenoxy) is 1. The molecule has 1 heterocycles. The Balaban J connectivity index is 0.00000312. The maximum Gasteiger partial charge on any atom is 0.191 e.